The Balaban J connectivity index is 0.970. The molecule has 0 unspecified atom stereocenters. The molecule has 2 nitrogen and oxygen atoms in total. The Morgan fingerprint density at radius 1 is 0.431 bits per heavy atom. The van der Waals surface area contributed by atoms with Gasteiger partial charge >= 0.3 is 0 Å². The summed E-state index contributed by atoms with van der Waals surface area (Å²) in [5, 5.41) is 3.76. The van der Waals surface area contributed by atoms with Gasteiger partial charge in [-0.25, -0.2) is 0 Å². The first-order chi connectivity index (χ1) is 32.2. The van der Waals surface area contributed by atoms with Crippen LogP contribution in [0.4, 0.5) is 34.1 Å². The van der Waals surface area contributed by atoms with Crippen LogP contribution in [0.5, 0.6) is 0 Å². The summed E-state index contributed by atoms with van der Waals surface area (Å²) in [5.41, 5.74) is 18.1. The molecule has 0 spiro atoms. The first kappa shape index (κ1) is 37.6. The highest BCUT2D eigenvalue weighted by Crippen LogP contribution is 2.61. The molecule has 1 aliphatic heterocycles. The van der Waals surface area contributed by atoms with Crippen LogP contribution in [-0.2, 0) is 11.8 Å². The van der Waals surface area contributed by atoms with Crippen LogP contribution in [0, 0.1) is 0 Å². The summed E-state index contributed by atoms with van der Waals surface area (Å²) >= 11 is 1.94. The maximum atomic E-state index is 2.49. The molecular weight excluding hydrogens is 805 g/mol. The fraction of sp³-hybridized carbons (Fsp3) is 0.0323. The third kappa shape index (κ3) is 5.93. The van der Waals surface area contributed by atoms with Crippen LogP contribution in [0.15, 0.2) is 243 Å². The van der Waals surface area contributed by atoms with E-state index >= 15 is 0 Å². The molecular formula is C62H42N2S. The van der Waals surface area contributed by atoms with Crippen LogP contribution >= 0.6 is 11.3 Å². The van der Waals surface area contributed by atoms with Crippen molar-refractivity contribution < 1.29 is 0 Å². The Kier molecular flexibility index (Phi) is 8.72. The van der Waals surface area contributed by atoms with Gasteiger partial charge in [0.1, 0.15) is 0 Å². The Bertz CT molecular complexity index is 3540. The fourth-order valence-electron chi connectivity index (χ4n) is 10.8. The monoisotopic (exact) mass is 846 g/mol. The molecule has 1 aromatic heterocycles. The predicted molar refractivity (Wildman–Crippen MR) is 274 cm³/mol. The van der Waals surface area contributed by atoms with E-state index in [9.17, 15) is 0 Å². The van der Waals surface area contributed by atoms with E-state index in [1.807, 2.05) is 11.3 Å². The van der Waals surface area contributed by atoms with Crippen molar-refractivity contribution in [3.63, 3.8) is 0 Å². The van der Waals surface area contributed by atoms with Gasteiger partial charge in [0.2, 0.25) is 0 Å². The topological polar surface area (TPSA) is 6.48 Å². The molecule has 1 aliphatic carbocycles. The quantitative estimate of drug-likeness (QED) is 0.158. The number of benzene rings is 10. The van der Waals surface area contributed by atoms with Crippen molar-refractivity contribution in [2.45, 2.75) is 11.8 Å². The Morgan fingerprint density at radius 2 is 1.03 bits per heavy atom. The molecule has 10 aromatic carbocycles. The standard InChI is InChI=1S/C62H42N2S/c1-4-19-48(20-5-1)62(49-21-6-2-7-22-49)56-41-53(35-36-54(56)60-55-25-13-15-27-59(55)65-61(60)62)63(52-34-30-42-16-10-11-17-44(42)40-52)51-32-28-43(29-33-51)45-31-37-58-47(38-45)39-46-18-12-14-26-57(46)64(58)50-23-8-3-9-24-50/h1-38,40-41H,39H2. The zero-order valence-electron chi connectivity index (χ0n) is 35.6. The van der Waals surface area contributed by atoms with Crippen molar-refractivity contribution in [2.24, 2.45) is 0 Å². The van der Waals surface area contributed by atoms with Crippen LogP contribution in [0.25, 0.3) is 43.1 Å². The number of para-hydroxylation sites is 2. The van der Waals surface area contributed by atoms with Gasteiger partial charge in [-0.2, -0.15) is 0 Å². The summed E-state index contributed by atoms with van der Waals surface area (Å²) in [6.45, 7) is 0. The minimum absolute atomic E-state index is 0.505. The molecule has 0 atom stereocenters. The average Bonchev–Trinajstić information content (AvgIpc) is 3.89. The van der Waals surface area contributed by atoms with E-state index in [1.54, 1.807) is 0 Å². The van der Waals surface area contributed by atoms with Crippen molar-refractivity contribution in [1.82, 2.24) is 0 Å². The molecule has 0 saturated carbocycles. The van der Waals surface area contributed by atoms with Gasteiger partial charge in [-0.3, -0.25) is 0 Å². The molecule has 0 N–H and O–H groups in total. The van der Waals surface area contributed by atoms with E-state index in [4.69, 9.17) is 0 Å². The summed E-state index contributed by atoms with van der Waals surface area (Å²) in [5.74, 6) is 0. The number of anilines is 6. The number of thiophene rings is 1. The van der Waals surface area contributed by atoms with Crippen LogP contribution < -0.4 is 9.80 Å². The maximum absolute atomic E-state index is 2.49. The molecule has 2 heterocycles. The van der Waals surface area contributed by atoms with Crippen molar-refractivity contribution in [2.75, 3.05) is 9.80 Å². The molecule has 306 valence electrons. The number of fused-ring (bicyclic) bond motifs is 8. The van der Waals surface area contributed by atoms with Gasteiger partial charge in [-0.1, -0.05) is 170 Å². The highest BCUT2D eigenvalue weighted by molar-refractivity contribution is 7.20. The molecule has 2 aliphatic rings. The van der Waals surface area contributed by atoms with Crippen molar-refractivity contribution in [3.05, 3.63) is 275 Å². The largest absolute Gasteiger partial charge is 0.310 e. The first-order valence-corrected chi connectivity index (χ1v) is 23.3. The number of nitrogens with zero attached hydrogens (tertiary/aromatic N) is 2. The fourth-order valence-corrected chi connectivity index (χ4v) is 12.2. The van der Waals surface area contributed by atoms with Crippen LogP contribution in [0.1, 0.15) is 32.7 Å². The normalized spacial score (nSPS) is 13.3. The smallest absolute Gasteiger partial charge is 0.0808 e. The summed E-state index contributed by atoms with van der Waals surface area (Å²) in [6, 6.07) is 89.7. The zero-order valence-corrected chi connectivity index (χ0v) is 36.4. The summed E-state index contributed by atoms with van der Waals surface area (Å²) < 4.78 is 1.32. The van der Waals surface area contributed by atoms with E-state index in [-0.39, 0.29) is 0 Å². The highest BCUT2D eigenvalue weighted by Gasteiger charge is 2.48. The third-order valence-corrected chi connectivity index (χ3v) is 15.0. The lowest BCUT2D eigenvalue weighted by Gasteiger charge is -2.34. The van der Waals surface area contributed by atoms with Gasteiger partial charge in [-0.15, -0.1) is 11.3 Å². The maximum Gasteiger partial charge on any atom is 0.0808 e. The van der Waals surface area contributed by atoms with Crippen molar-refractivity contribution in [3.8, 4) is 22.3 Å². The molecule has 0 fully saturated rings. The number of rotatable bonds is 7. The molecule has 0 saturated heterocycles. The summed E-state index contributed by atoms with van der Waals surface area (Å²) in [4.78, 5) is 6.24. The number of hydrogen-bond donors (Lipinski definition) is 0. The van der Waals surface area contributed by atoms with E-state index in [0.717, 1.165) is 23.5 Å². The molecule has 3 heteroatoms. The molecule has 65 heavy (non-hydrogen) atoms. The van der Waals surface area contributed by atoms with E-state index in [1.165, 1.54) is 92.9 Å². The van der Waals surface area contributed by atoms with Crippen molar-refractivity contribution in [1.29, 1.82) is 0 Å². The SMILES string of the molecule is c1ccc(N2c3ccccc3Cc3cc(-c4ccc(N(c5ccc6c(c5)C(c5ccccc5)(c5ccccc5)c5sc7ccccc7c5-6)c5ccc6ccccc6c5)cc4)ccc32)cc1. The van der Waals surface area contributed by atoms with Crippen LogP contribution in [0.3, 0.4) is 0 Å². The second-order valence-electron chi connectivity index (χ2n) is 17.2. The van der Waals surface area contributed by atoms with E-state index in [2.05, 4.69) is 252 Å². The number of hydrogen-bond acceptors (Lipinski definition) is 3. The Labute approximate surface area is 383 Å². The van der Waals surface area contributed by atoms with Gasteiger partial charge in [0.05, 0.1) is 5.41 Å². The van der Waals surface area contributed by atoms with Gasteiger partial charge in [0.15, 0.2) is 0 Å². The lowest BCUT2D eigenvalue weighted by atomic mass is 9.70. The van der Waals surface area contributed by atoms with E-state index in [0.29, 0.717) is 0 Å². The van der Waals surface area contributed by atoms with E-state index < -0.39 is 5.41 Å². The van der Waals surface area contributed by atoms with Gasteiger partial charge in [0.25, 0.3) is 0 Å². The summed E-state index contributed by atoms with van der Waals surface area (Å²) in [6.07, 6.45) is 0.894. The third-order valence-electron chi connectivity index (χ3n) is 13.7. The molecule has 13 rings (SSSR count). The molecule has 0 radical (unpaired) electrons. The lowest BCUT2D eigenvalue weighted by molar-refractivity contribution is 0.785. The van der Waals surface area contributed by atoms with Crippen LogP contribution in [-0.4, -0.2) is 0 Å². The summed E-state index contributed by atoms with van der Waals surface area (Å²) in [7, 11) is 0. The van der Waals surface area contributed by atoms with Crippen LogP contribution in [0.2, 0.25) is 0 Å². The molecule has 11 aromatic rings. The first-order valence-electron chi connectivity index (χ1n) is 22.5. The average molecular weight is 847 g/mol. The predicted octanol–water partition coefficient (Wildman–Crippen LogP) is 16.9. The second-order valence-corrected chi connectivity index (χ2v) is 18.3. The zero-order chi connectivity index (χ0) is 42.9. The molecule has 0 bridgehead atoms. The van der Waals surface area contributed by atoms with Gasteiger partial charge < -0.3 is 9.80 Å². The Hall–Kier alpha value is -7.98. The minimum Gasteiger partial charge on any atom is -0.310 e. The lowest BCUT2D eigenvalue weighted by Crippen LogP contribution is -2.28. The molecule has 0 amide bonds. The van der Waals surface area contributed by atoms with Crippen molar-refractivity contribution >= 4 is 66.3 Å². The van der Waals surface area contributed by atoms with Gasteiger partial charge in [0, 0.05) is 61.1 Å². The second kappa shape index (κ2) is 15.1. The Morgan fingerprint density at radius 3 is 1.82 bits per heavy atom. The minimum atomic E-state index is -0.505. The van der Waals surface area contributed by atoms with Gasteiger partial charge in [-0.05, 0) is 128 Å². The highest BCUT2D eigenvalue weighted by atomic mass is 32.1.